The average molecular weight is 292 g/mol. The first-order valence-electron chi connectivity index (χ1n) is 7.41. The normalized spacial score (nSPS) is 17.3. The predicted molar refractivity (Wildman–Crippen MR) is 80.7 cm³/mol. The number of hydrogen-bond acceptors (Lipinski definition) is 4. The number of nitrogens with two attached hydrogens (primary N) is 1. The Morgan fingerprint density at radius 1 is 1.43 bits per heavy atom. The van der Waals surface area contributed by atoms with E-state index >= 15 is 0 Å². The molecule has 3 N–H and O–H groups in total. The van der Waals surface area contributed by atoms with Crippen molar-refractivity contribution in [2.45, 2.75) is 45.6 Å². The van der Waals surface area contributed by atoms with Gasteiger partial charge in [0.25, 0.3) is 0 Å². The maximum atomic E-state index is 10.8. The number of benzene rings is 1. The summed E-state index contributed by atoms with van der Waals surface area (Å²) < 4.78 is 5.64. The Morgan fingerprint density at radius 3 is 2.86 bits per heavy atom. The number of ether oxygens (including phenoxy) is 1. The zero-order valence-corrected chi connectivity index (χ0v) is 12.7. The van der Waals surface area contributed by atoms with Crippen LogP contribution >= 0.6 is 0 Å². The topological polar surface area (TPSA) is 75.8 Å². The number of amides is 1. The number of aliphatic hydroxyl groups excluding tert-OH is 1. The molecule has 21 heavy (non-hydrogen) atoms. The lowest BCUT2D eigenvalue weighted by atomic mass is 10.00. The van der Waals surface area contributed by atoms with Gasteiger partial charge in [0.15, 0.2) is 6.23 Å². The van der Waals surface area contributed by atoms with E-state index in [2.05, 4.69) is 0 Å². The molecule has 0 saturated heterocycles. The molecule has 0 radical (unpaired) electrons. The van der Waals surface area contributed by atoms with Crippen LogP contribution in [0.1, 0.15) is 31.4 Å². The standard InChI is InChI=1S/C16H24N2O3/c1-11(2)7-15(20)16(17)21-14-4-3-13-9-18(10-19)6-5-12(13)8-14/h3-4,8,10-11,15-16,20H,5-7,9,17H2,1-2H3. The molecule has 5 heteroatoms. The fraction of sp³-hybridized carbons (Fsp3) is 0.562. The van der Waals surface area contributed by atoms with E-state index in [0.717, 1.165) is 24.9 Å². The summed E-state index contributed by atoms with van der Waals surface area (Å²) in [5.41, 5.74) is 8.20. The summed E-state index contributed by atoms with van der Waals surface area (Å²) in [5.74, 6) is 1.04. The Morgan fingerprint density at radius 2 is 2.19 bits per heavy atom. The van der Waals surface area contributed by atoms with Gasteiger partial charge in [0, 0.05) is 13.1 Å². The molecule has 1 aliphatic heterocycles. The van der Waals surface area contributed by atoms with Crippen molar-refractivity contribution in [3.8, 4) is 5.75 Å². The molecule has 116 valence electrons. The molecule has 0 aliphatic carbocycles. The zero-order chi connectivity index (χ0) is 15.4. The number of hydrogen-bond donors (Lipinski definition) is 2. The van der Waals surface area contributed by atoms with Gasteiger partial charge >= 0.3 is 0 Å². The second-order valence-corrected chi connectivity index (χ2v) is 6.04. The van der Waals surface area contributed by atoms with Gasteiger partial charge in [-0.25, -0.2) is 0 Å². The third-order valence-electron chi connectivity index (χ3n) is 3.73. The molecule has 0 saturated carbocycles. The lowest BCUT2D eigenvalue weighted by Gasteiger charge is -2.26. The predicted octanol–water partition coefficient (Wildman–Crippen LogP) is 1.27. The average Bonchev–Trinajstić information content (AvgIpc) is 2.45. The number of aliphatic hydroxyl groups is 1. The summed E-state index contributed by atoms with van der Waals surface area (Å²) in [6, 6.07) is 5.76. The van der Waals surface area contributed by atoms with Crippen LogP contribution in [-0.2, 0) is 17.8 Å². The first-order valence-corrected chi connectivity index (χ1v) is 7.41. The summed E-state index contributed by atoms with van der Waals surface area (Å²) in [6.07, 6.45) is 0.910. The number of rotatable bonds is 6. The van der Waals surface area contributed by atoms with E-state index < -0.39 is 12.3 Å². The third kappa shape index (κ3) is 4.19. The second kappa shape index (κ2) is 6.91. The molecular weight excluding hydrogens is 268 g/mol. The Balaban J connectivity index is 2.01. The number of nitrogens with zero attached hydrogens (tertiary/aromatic N) is 1. The first-order chi connectivity index (χ1) is 9.99. The Labute approximate surface area is 125 Å². The van der Waals surface area contributed by atoms with Crippen LogP contribution in [0.4, 0.5) is 0 Å². The highest BCUT2D eigenvalue weighted by Crippen LogP contribution is 2.24. The summed E-state index contributed by atoms with van der Waals surface area (Å²) in [5, 5.41) is 9.96. The number of fused-ring (bicyclic) bond motifs is 1. The Kier molecular flexibility index (Phi) is 5.20. The van der Waals surface area contributed by atoms with E-state index in [1.165, 1.54) is 5.56 Å². The highest BCUT2D eigenvalue weighted by molar-refractivity contribution is 5.49. The molecule has 0 bridgehead atoms. The fourth-order valence-corrected chi connectivity index (χ4v) is 2.57. The van der Waals surface area contributed by atoms with Crippen molar-refractivity contribution in [3.05, 3.63) is 29.3 Å². The first kappa shape index (κ1) is 15.8. The van der Waals surface area contributed by atoms with Crippen molar-refractivity contribution in [2.24, 2.45) is 11.7 Å². The lowest BCUT2D eigenvalue weighted by Crippen LogP contribution is -2.40. The van der Waals surface area contributed by atoms with Crippen LogP contribution in [0.2, 0.25) is 0 Å². The largest absolute Gasteiger partial charge is 0.473 e. The molecule has 1 aliphatic rings. The van der Waals surface area contributed by atoms with Gasteiger partial charge in [-0.15, -0.1) is 0 Å². The van der Waals surface area contributed by atoms with Crippen molar-refractivity contribution in [1.29, 1.82) is 0 Å². The van der Waals surface area contributed by atoms with Gasteiger partial charge in [0.1, 0.15) is 11.9 Å². The molecule has 1 aromatic carbocycles. The fourth-order valence-electron chi connectivity index (χ4n) is 2.57. The van der Waals surface area contributed by atoms with Crippen LogP contribution in [-0.4, -0.2) is 35.3 Å². The molecule has 5 nitrogen and oxygen atoms in total. The Bertz CT molecular complexity index is 490. The van der Waals surface area contributed by atoms with Gasteiger partial charge in [0.05, 0.1) is 0 Å². The summed E-state index contributed by atoms with van der Waals surface area (Å²) in [4.78, 5) is 12.6. The molecule has 0 aromatic heterocycles. The quantitative estimate of drug-likeness (QED) is 0.611. The molecule has 1 aromatic rings. The zero-order valence-electron chi connectivity index (χ0n) is 12.7. The lowest BCUT2D eigenvalue weighted by molar-refractivity contribution is -0.118. The van der Waals surface area contributed by atoms with E-state index in [-0.39, 0.29) is 0 Å². The number of carbonyl (C=O) groups excluding carboxylic acids is 1. The van der Waals surface area contributed by atoms with E-state index in [9.17, 15) is 9.90 Å². The molecule has 0 spiro atoms. The van der Waals surface area contributed by atoms with Gasteiger partial charge in [-0.1, -0.05) is 19.9 Å². The maximum absolute atomic E-state index is 10.8. The van der Waals surface area contributed by atoms with Crippen molar-refractivity contribution < 1.29 is 14.6 Å². The van der Waals surface area contributed by atoms with Crippen LogP contribution in [0.15, 0.2) is 18.2 Å². The highest BCUT2D eigenvalue weighted by atomic mass is 16.5. The van der Waals surface area contributed by atoms with Crippen molar-refractivity contribution >= 4 is 6.41 Å². The molecular formula is C16H24N2O3. The smallest absolute Gasteiger partial charge is 0.210 e. The highest BCUT2D eigenvalue weighted by Gasteiger charge is 2.19. The van der Waals surface area contributed by atoms with E-state index in [4.69, 9.17) is 10.5 Å². The minimum atomic E-state index is -0.722. The van der Waals surface area contributed by atoms with E-state index in [0.29, 0.717) is 24.6 Å². The van der Waals surface area contributed by atoms with Crippen LogP contribution in [0.5, 0.6) is 5.75 Å². The van der Waals surface area contributed by atoms with Crippen molar-refractivity contribution in [1.82, 2.24) is 4.90 Å². The van der Waals surface area contributed by atoms with Crippen molar-refractivity contribution in [2.75, 3.05) is 6.54 Å². The van der Waals surface area contributed by atoms with Crippen molar-refractivity contribution in [3.63, 3.8) is 0 Å². The third-order valence-corrected chi connectivity index (χ3v) is 3.73. The summed E-state index contributed by atoms with van der Waals surface area (Å²) in [7, 11) is 0. The molecule has 2 rings (SSSR count). The van der Waals surface area contributed by atoms with Gasteiger partial charge in [-0.2, -0.15) is 0 Å². The molecule has 1 heterocycles. The number of carbonyl (C=O) groups is 1. The van der Waals surface area contributed by atoms with Crippen LogP contribution in [0.3, 0.4) is 0 Å². The molecule has 0 fully saturated rings. The Hall–Kier alpha value is -1.59. The van der Waals surface area contributed by atoms with Crippen LogP contribution in [0.25, 0.3) is 0 Å². The van der Waals surface area contributed by atoms with Crippen LogP contribution < -0.4 is 10.5 Å². The molecule has 2 unspecified atom stereocenters. The summed E-state index contributed by atoms with van der Waals surface area (Å²) >= 11 is 0. The second-order valence-electron chi connectivity index (χ2n) is 6.04. The SMILES string of the molecule is CC(C)CC(O)C(N)Oc1ccc2c(c1)CCN(C=O)C2. The molecule has 2 atom stereocenters. The maximum Gasteiger partial charge on any atom is 0.210 e. The van der Waals surface area contributed by atoms with Gasteiger partial charge in [-0.3, -0.25) is 10.5 Å². The van der Waals surface area contributed by atoms with Gasteiger partial charge in [0.2, 0.25) is 6.41 Å². The molecule has 1 amide bonds. The minimum absolute atomic E-state index is 0.368. The van der Waals surface area contributed by atoms with Gasteiger partial charge < -0.3 is 14.7 Å². The van der Waals surface area contributed by atoms with Gasteiger partial charge in [-0.05, 0) is 42.0 Å². The van der Waals surface area contributed by atoms with E-state index in [1.807, 2.05) is 32.0 Å². The van der Waals surface area contributed by atoms with Crippen LogP contribution in [0, 0.1) is 5.92 Å². The monoisotopic (exact) mass is 292 g/mol. The minimum Gasteiger partial charge on any atom is -0.473 e. The van der Waals surface area contributed by atoms with E-state index in [1.54, 1.807) is 4.90 Å². The summed E-state index contributed by atoms with van der Waals surface area (Å²) in [6.45, 7) is 5.43.